The molecule has 2 heteroatoms. The summed E-state index contributed by atoms with van der Waals surface area (Å²) in [7, 11) is 0. The smallest absolute Gasteiger partial charge is 0.0726 e. The Kier molecular flexibility index (Phi) is 1.72. The van der Waals surface area contributed by atoms with Crippen molar-refractivity contribution in [2.75, 3.05) is 5.73 Å². The van der Waals surface area contributed by atoms with Gasteiger partial charge < -0.3 is 5.73 Å². The highest BCUT2D eigenvalue weighted by Gasteiger charge is 2.23. The Morgan fingerprint density at radius 1 is 1.33 bits per heavy atom. The standard InChI is InChI=1S/C13H14N2/c1-8-6-7-11-12(8)13(14)9-4-2-3-5-10(9)15-11/h2-5,8H,6-7H2,1H3,(H2,14,15)/t8-/m1/s1. The summed E-state index contributed by atoms with van der Waals surface area (Å²) in [6.45, 7) is 2.23. The summed E-state index contributed by atoms with van der Waals surface area (Å²) in [5.74, 6) is 0.567. The molecule has 1 heterocycles. The lowest BCUT2D eigenvalue weighted by atomic mass is 10.0. The van der Waals surface area contributed by atoms with E-state index in [-0.39, 0.29) is 0 Å². The van der Waals surface area contributed by atoms with Crippen molar-refractivity contribution in [1.82, 2.24) is 4.98 Å². The third-order valence-corrected chi connectivity index (χ3v) is 3.36. The van der Waals surface area contributed by atoms with Crippen LogP contribution in [-0.4, -0.2) is 4.98 Å². The second-order valence-electron chi connectivity index (χ2n) is 4.34. The number of aromatic nitrogens is 1. The third-order valence-electron chi connectivity index (χ3n) is 3.36. The van der Waals surface area contributed by atoms with Gasteiger partial charge in [-0.15, -0.1) is 0 Å². The largest absolute Gasteiger partial charge is 0.398 e. The van der Waals surface area contributed by atoms with Crippen molar-refractivity contribution in [2.24, 2.45) is 0 Å². The number of hydrogen-bond donors (Lipinski definition) is 1. The van der Waals surface area contributed by atoms with Crippen molar-refractivity contribution in [2.45, 2.75) is 25.7 Å². The monoisotopic (exact) mass is 198 g/mol. The zero-order valence-corrected chi connectivity index (χ0v) is 8.83. The summed E-state index contributed by atoms with van der Waals surface area (Å²) in [4.78, 5) is 4.69. The van der Waals surface area contributed by atoms with Gasteiger partial charge in [-0.25, -0.2) is 0 Å². The number of anilines is 1. The number of rotatable bonds is 0. The molecule has 0 saturated carbocycles. The summed E-state index contributed by atoms with van der Waals surface area (Å²) in [6, 6.07) is 8.13. The van der Waals surface area contributed by atoms with Crippen LogP contribution in [0, 0.1) is 0 Å². The lowest BCUT2D eigenvalue weighted by Crippen LogP contribution is -1.99. The first kappa shape index (κ1) is 8.72. The van der Waals surface area contributed by atoms with Crippen LogP contribution in [-0.2, 0) is 6.42 Å². The highest BCUT2D eigenvalue weighted by molar-refractivity contribution is 5.92. The van der Waals surface area contributed by atoms with E-state index in [1.54, 1.807) is 0 Å². The molecule has 2 N–H and O–H groups in total. The van der Waals surface area contributed by atoms with Gasteiger partial charge in [0.2, 0.25) is 0 Å². The number of nitrogens with zero attached hydrogens (tertiary/aromatic N) is 1. The third kappa shape index (κ3) is 1.14. The van der Waals surface area contributed by atoms with Crippen LogP contribution >= 0.6 is 0 Å². The van der Waals surface area contributed by atoms with Crippen LogP contribution in [0.5, 0.6) is 0 Å². The number of aryl methyl sites for hydroxylation is 1. The molecule has 0 aliphatic heterocycles. The highest BCUT2D eigenvalue weighted by Crippen LogP contribution is 2.38. The normalized spacial score (nSPS) is 19.4. The van der Waals surface area contributed by atoms with Gasteiger partial charge in [-0.3, -0.25) is 4.98 Å². The Morgan fingerprint density at radius 3 is 3.00 bits per heavy atom. The number of hydrogen-bond acceptors (Lipinski definition) is 2. The van der Waals surface area contributed by atoms with Crippen molar-refractivity contribution in [1.29, 1.82) is 0 Å². The van der Waals surface area contributed by atoms with Crippen molar-refractivity contribution in [3.63, 3.8) is 0 Å². The summed E-state index contributed by atoms with van der Waals surface area (Å²) in [5, 5.41) is 1.10. The Hall–Kier alpha value is -1.57. The molecule has 0 spiro atoms. The predicted octanol–water partition coefficient (Wildman–Crippen LogP) is 2.87. The van der Waals surface area contributed by atoms with Crippen LogP contribution < -0.4 is 5.73 Å². The van der Waals surface area contributed by atoms with Crippen LogP contribution in [0.3, 0.4) is 0 Å². The Morgan fingerprint density at radius 2 is 2.13 bits per heavy atom. The maximum Gasteiger partial charge on any atom is 0.0726 e. The van der Waals surface area contributed by atoms with Crippen LogP contribution in [0.1, 0.15) is 30.5 Å². The van der Waals surface area contributed by atoms with Crippen LogP contribution in [0.15, 0.2) is 24.3 Å². The molecule has 76 valence electrons. The molecule has 0 unspecified atom stereocenters. The van der Waals surface area contributed by atoms with E-state index < -0.39 is 0 Å². The first-order valence-corrected chi connectivity index (χ1v) is 5.44. The van der Waals surface area contributed by atoms with E-state index in [0.29, 0.717) is 5.92 Å². The van der Waals surface area contributed by atoms with E-state index >= 15 is 0 Å². The number of fused-ring (bicyclic) bond motifs is 2. The number of benzene rings is 1. The summed E-state index contributed by atoms with van der Waals surface area (Å²) in [6.07, 6.45) is 2.26. The number of nitrogen functional groups attached to an aromatic ring is 1. The molecule has 0 fully saturated rings. The molecular formula is C13H14N2. The molecule has 0 saturated heterocycles. The Labute approximate surface area is 89.1 Å². The summed E-state index contributed by atoms with van der Waals surface area (Å²) < 4.78 is 0. The number of nitrogens with two attached hydrogens (primary N) is 1. The van der Waals surface area contributed by atoms with E-state index in [9.17, 15) is 0 Å². The Balaban J connectivity index is 2.41. The van der Waals surface area contributed by atoms with Gasteiger partial charge in [-0.05, 0) is 24.8 Å². The fourth-order valence-electron chi connectivity index (χ4n) is 2.54. The minimum absolute atomic E-state index is 0.567. The fraction of sp³-hybridized carbons (Fsp3) is 0.308. The minimum Gasteiger partial charge on any atom is -0.398 e. The van der Waals surface area contributed by atoms with Crippen molar-refractivity contribution in [3.05, 3.63) is 35.5 Å². The van der Waals surface area contributed by atoms with Gasteiger partial charge in [0.1, 0.15) is 0 Å². The van der Waals surface area contributed by atoms with E-state index in [1.807, 2.05) is 18.2 Å². The minimum atomic E-state index is 0.567. The lowest BCUT2D eigenvalue weighted by molar-refractivity contribution is 0.747. The highest BCUT2D eigenvalue weighted by atomic mass is 14.7. The fourth-order valence-corrected chi connectivity index (χ4v) is 2.54. The van der Waals surface area contributed by atoms with Crippen LogP contribution in [0.25, 0.3) is 10.9 Å². The maximum absolute atomic E-state index is 6.22. The molecule has 3 rings (SSSR count). The maximum atomic E-state index is 6.22. The van der Waals surface area contributed by atoms with E-state index in [0.717, 1.165) is 23.0 Å². The predicted molar refractivity (Wildman–Crippen MR) is 62.9 cm³/mol. The molecule has 15 heavy (non-hydrogen) atoms. The molecule has 1 aliphatic carbocycles. The van der Waals surface area contributed by atoms with Crippen LogP contribution in [0.2, 0.25) is 0 Å². The molecule has 1 aliphatic rings. The average molecular weight is 198 g/mol. The van der Waals surface area contributed by atoms with Gasteiger partial charge in [0.25, 0.3) is 0 Å². The van der Waals surface area contributed by atoms with Gasteiger partial charge in [0.15, 0.2) is 0 Å². The van der Waals surface area contributed by atoms with Crippen molar-refractivity contribution >= 4 is 16.6 Å². The SMILES string of the molecule is C[C@@H]1CCc2nc3ccccc3c(N)c21. The molecule has 1 atom stereocenters. The van der Waals surface area contributed by atoms with E-state index in [1.165, 1.54) is 17.7 Å². The molecule has 1 aromatic carbocycles. The van der Waals surface area contributed by atoms with Crippen molar-refractivity contribution < 1.29 is 0 Å². The second kappa shape index (κ2) is 2.96. The van der Waals surface area contributed by atoms with Crippen molar-refractivity contribution in [3.8, 4) is 0 Å². The zero-order valence-electron chi connectivity index (χ0n) is 8.83. The quantitative estimate of drug-likeness (QED) is 0.707. The van der Waals surface area contributed by atoms with Gasteiger partial charge in [0.05, 0.1) is 5.52 Å². The van der Waals surface area contributed by atoms with E-state index in [4.69, 9.17) is 5.73 Å². The van der Waals surface area contributed by atoms with Crippen LogP contribution in [0.4, 0.5) is 5.69 Å². The number of para-hydroxylation sites is 1. The van der Waals surface area contributed by atoms with Gasteiger partial charge in [0, 0.05) is 22.3 Å². The van der Waals surface area contributed by atoms with Gasteiger partial charge in [-0.2, -0.15) is 0 Å². The molecular weight excluding hydrogens is 184 g/mol. The lowest BCUT2D eigenvalue weighted by Gasteiger charge is -2.10. The second-order valence-corrected chi connectivity index (χ2v) is 4.34. The molecule has 1 aromatic heterocycles. The molecule has 2 nitrogen and oxygen atoms in total. The first-order chi connectivity index (χ1) is 7.27. The average Bonchev–Trinajstić information content (AvgIpc) is 2.61. The molecule has 0 bridgehead atoms. The van der Waals surface area contributed by atoms with Gasteiger partial charge in [-0.1, -0.05) is 25.1 Å². The molecule has 2 aromatic rings. The summed E-state index contributed by atoms with van der Waals surface area (Å²) >= 11 is 0. The van der Waals surface area contributed by atoms with E-state index in [2.05, 4.69) is 18.0 Å². The Bertz CT molecular complexity index is 531. The first-order valence-electron chi connectivity index (χ1n) is 5.44. The molecule has 0 amide bonds. The number of pyridine rings is 1. The van der Waals surface area contributed by atoms with Gasteiger partial charge >= 0.3 is 0 Å². The molecule has 0 radical (unpaired) electrons. The zero-order chi connectivity index (χ0) is 10.4. The topological polar surface area (TPSA) is 38.9 Å². The summed E-state index contributed by atoms with van der Waals surface area (Å²) in [5.41, 5.74) is 10.7.